The number of esters is 1. The van der Waals surface area contributed by atoms with Crippen LogP contribution in [-0.2, 0) is 4.79 Å². The Kier molecular flexibility index (Phi) is 4.21. The average molecular weight is 285 g/mol. The highest BCUT2D eigenvalue weighted by atomic mass is 16.5. The monoisotopic (exact) mass is 285 g/mol. The molecule has 0 saturated heterocycles. The molecule has 1 aromatic carbocycles. The molecule has 1 N–H and O–H groups in total. The van der Waals surface area contributed by atoms with E-state index in [-0.39, 0.29) is 5.97 Å². The summed E-state index contributed by atoms with van der Waals surface area (Å²) in [5, 5.41) is 3.15. The zero-order chi connectivity index (χ0) is 15.5. The number of nitrogens with one attached hydrogen (secondary N) is 1. The zero-order valence-corrected chi connectivity index (χ0v) is 12.7. The van der Waals surface area contributed by atoms with Gasteiger partial charge < -0.3 is 10.1 Å². The van der Waals surface area contributed by atoms with Gasteiger partial charge in [0.25, 0.3) is 0 Å². The van der Waals surface area contributed by atoms with Gasteiger partial charge in [0.1, 0.15) is 17.9 Å². The Morgan fingerprint density at radius 3 is 2.62 bits per heavy atom. The largest absolute Gasteiger partial charge is 0.426 e. The third-order valence-corrected chi connectivity index (χ3v) is 2.73. The van der Waals surface area contributed by atoms with Crippen molar-refractivity contribution in [2.24, 2.45) is 5.41 Å². The summed E-state index contributed by atoms with van der Waals surface area (Å²) in [7, 11) is 0. The maximum absolute atomic E-state index is 11.9. The number of carbonyl (C=O) groups excluding carboxylic acids is 1. The van der Waals surface area contributed by atoms with Gasteiger partial charge in [0.2, 0.25) is 0 Å². The molecule has 0 saturated carbocycles. The molecule has 0 aliphatic heterocycles. The Morgan fingerprint density at radius 1 is 1.19 bits per heavy atom. The number of hydrogen-bond acceptors (Lipinski definition) is 5. The molecule has 0 spiro atoms. The van der Waals surface area contributed by atoms with Gasteiger partial charge in [-0.05, 0) is 39.8 Å². The molecule has 0 bridgehead atoms. The third kappa shape index (κ3) is 4.27. The van der Waals surface area contributed by atoms with Gasteiger partial charge in [0, 0.05) is 23.5 Å². The van der Waals surface area contributed by atoms with Crippen LogP contribution in [0, 0.1) is 12.3 Å². The summed E-state index contributed by atoms with van der Waals surface area (Å²) in [6, 6.07) is 9.06. The van der Waals surface area contributed by atoms with Crippen LogP contribution in [0.5, 0.6) is 5.75 Å². The van der Waals surface area contributed by atoms with Gasteiger partial charge in [-0.15, -0.1) is 0 Å². The maximum Gasteiger partial charge on any atom is 0.316 e. The number of aromatic nitrogens is 2. The van der Waals surface area contributed by atoms with Gasteiger partial charge in [-0.25, -0.2) is 9.97 Å². The quantitative estimate of drug-likeness (QED) is 0.691. The van der Waals surface area contributed by atoms with E-state index in [0.717, 1.165) is 11.4 Å². The lowest BCUT2D eigenvalue weighted by Gasteiger charge is -2.16. The molecule has 0 aliphatic carbocycles. The van der Waals surface area contributed by atoms with Crippen molar-refractivity contribution in [1.29, 1.82) is 0 Å². The first-order valence-electron chi connectivity index (χ1n) is 6.72. The van der Waals surface area contributed by atoms with Crippen LogP contribution in [0.15, 0.2) is 36.7 Å². The van der Waals surface area contributed by atoms with Gasteiger partial charge in [-0.1, -0.05) is 6.07 Å². The maximum atomic E-state index is 11.9. The van der Waals surface area contributed by atoms with Crippen LogP contribution in [0.2, 0.25) is 0 Å². The second-order valence-electron chi connectivity index (χ2n) is 5.84. The minimum atomic E-state index is -0.535. The second-order valence-corrected chi connectivity index (χ2v) is 5.84. The first kappa shape index (κ1) is 15.0. The van der Waals surface area contributed by atoms with Crippen LogP contribution in [0.4, 0.5) is 11.5 Å². The number of rotatable bonds is 3. The molecule has 5 heteroatoms. The molecule has 5 nitrogen and oxygen atoms in total. The number of ether oxygens (including phenoxy) is 1. The lowest BCUT2D eigenvalue weighted by Crippen LogP contribution is -2.25. The van der Waals surface area contributed by atoms with Crippen molar-refractivity contribution in [3.05, 3.63) is 42.4 Å². The average Bonchev–Trinajstić information content (AvgIpc) is 2.38. The van der Waals surface area contributed by atoms with E-state index in [2.05, 4.69) is 15.3 Å². The van der Waals surface area contributed by atoms with E-state index in [0.29, 0.717) is 11.6 Å². The molecular formula is C16H19N3O2. The Morgan fingerprint density at radius 2 is 1.95 bits per heavy atom. The fourth-order valence-electron chi connectivity index (χ4n) is 1.57. The van der Waals surface area contributed by atoms with Crippen molar-refractivity contribution in [3.63, 3.8) is 0 Å². The minimum absolute atomic E-state index is 0.266. The van der Waals surface area contributed by atoms with Crippen molar-refractivity contribution >= 4 is 17.5 Å². The topological polar surface area (TPSA) is 64.1 Å². The van der Waals surface area contributed by atoms with Gasteiger partial charge in [0.05, 0.1) is 5.41 Å². The number of anilines is 2. The summed E-state index contributed by atoms with van der Waals surface area (Å²) >= 11 is 0. The molecule has 0 atom stereocenters. The van der Waals surface area contributed by atoms with E-state index >= 15 is 0 Å². The van der Waals surface area contributed by atoms with Crippen molar-refractivity contribution < 1.29 is 9.53 Å². The summed E-state index contributed by atoms with van der Waals surface area (Å²) in [5.41, 5.74) is 1.14. The highest BCUT2D eigenvalue weighted by Crippen LogP contribution is 2.23. The van der Waals surface area contributed by atoms with Crippen molar-refractivity contribution in [3.8, 4) is 5.75 Å². The van der Waals surface area contributed by atoms with E-state index < -0.39 is 5.41 Å². The van der Waals surface area contributed by atoms with Crippen LogP contribution in [-0.4, -0.2) is 15.9 Å². The van der Waals surface area contributed by atoms with E-state index in [1.807, 2.05) is 45.9 Å². The molecule has 0 unspecified atom stereocenters. The summed E-state index contributed by atoms with van der Waals surface area (Å²) < 4.78 is 5.37. The normalized spacial score (nSPS) is 11.0. The van der Waals surface area contributed by atoms with E-state index in [9.17, 15) is 4.79 Å². The number of carbonyl (C=O) groups is 1. The summed E-state index contributed by atoms with van der Waals surface area (Å²) in [5.74, 6) is 0.935. The molecule has 0 amide bonds. The van der Waals surface area contributed by atoms with Crippen LogP contribution in [0.3, 0.4) is 0 Å². The molecule has 0 radical (unpaired) electrons. The minimum Gasteiger partial charge on any atom is -0.426 e. The van der Waals surface area contributed by atoms with Gasteiger partial charge in [-0.2, -0.15) is 0 Å². The van der Waals surface area contributed by atoms with E-state index in [1.54, 1.807) is 12.1 Å². The molecule has 2 rings (SSSR count). The Hall–Kier alpha value is -2.43. The molecule has 0 aliphatic rings. The first-order chi connectivity index (χ1) is 9.84. The van der Waals surface area contributed by atoms with Gasteiger partial charge in [-0.3, -0.25) is 4.79 Å². The van der Waals surface area contributed by atoms with Gasteiger partial charge >= 0.3 is 5.97 Å². The summed E-state index contributed by atoms with van der Waals surface area (Å²) in [6.45, 7) is 7.36. The van der Waals surface area contributed by atoms with Crippen LogP contribution in [0.1, 0.15) is 26.5 Å². The highest BCUT2D eigenvalue weighted by Gasteiger charge is 2.23. The Bertz CT molecular complexity index is 648. The van der Waals surface area contributed by atoms with Crippen molar-refractivity contribution in [1.82, 2.24) is 9.97 Å². The molecule has 21 heavy (non-hydrogen) atoms. The highest BCUT2D eigenvalue weighted by molar-refractivity contribution is 5.78. The number of aryl methyl sites for hydroxylation is 1. The predicted molar refractivity (Wildman–Crippen MR) is 81.6 cm³/mol. The van der Waals surface area contributed by atoms with Crippen LogP contribution >= 0.6 is 0 Å². The molecule has 0 fully saturated rings. The zero-order valence-electron chi connectivity index (χ0n) is 12.7. The smallest absolute Gasteiger partial charge is 0.316 e. The van der Waals surface area contributed by atoms with Crippen molar-refractivity contribution in [2.45, 2.75) is 27.7 Å². The fourth-order valence-corrected chi connectivity index (χ4v) is 1.57. The SMILES string of the molecule is Cc1cc(Nc2cccc(OC(=O)C(C)(C)C)c2)ncn1. The predicted octanol–water partition coefficient (Wildman–Crippen LogP) is 3.48. The fraction of sp³-hybridized carbons (Fsp3) is 0.312. The van der Waals surface area contributed by atoms with Crippen molar-refractivity contribution in [2.75, 3.05) is 5.32 Å². The molecule has 110 valence electrons. The first-order valence-corrected chi connectivity index (χ1v) is 6.72. The third-order valence-electron chi connectivity index (χ3n) is 2.73. The molecule has 1 aromatic heterocycles. The molecule has 2 aromatic rings. The Labute approximate surface area is 124 Å². The summed E-state index contributed by atoms with van der Waals surface area (Å²) in [6.07, 6.45) is 1.50. The molecular weight excluding hydrogens is 266 g/mol. The molecule has 1 heterocycles. The van der Waals surface area contributed by atoms with E-state index in [4.69, 9.17) is 4.74 Å². The summed E-state index contributed by atoms with van der Waals surface area (Å²) in [4.78, 5) is 20.1. The second kappa shape index (κ2) is 5.91. The van der Waals surface area contributed by atoms with E-state index in [1.165, 1.54) is 6.33 Å². The number of benzene rings is 1. The van der Waals surface area contributed by atoms with Crippen LogP contribution < -0.4 is 10.1 Å². The number of hydrogen-bond donors (Lipinski definition) is 1. The van der Waals surface area contributed by atoms with Gasteiger partial charge in [0.15, 0.2) is 0 Å². The number of nitrogens with zero attached hydrogens (tertiary/aromatic N) is 2. The lowest BCUT2D eigenvalue weighted by atomic mass is 9.97. The van der Waals surface area contributed by atoms with Crippen LogP contribution in [0.25, 0.3) is 0 Å². The Balaban J connectivity index is 2.13. The standard InChI is InChI=1S/C16H19N3O2/c1-11-8-14(18-10-17-11)19-12-6-5-7-13(9-12)21-15(20)16(2,3)4/h5-10H,1-4H3,(H,17,18,19). The lowest BCUT2D eigenvalue weighted by molar-refractivity contribution is -0.142.